The Morgan fingerprint density at radius 2 is 1.28 bits per heavy atom. The quantitative estimate of drug-likeness (QED) is 0.185. The van der Waals surface area contributed by atoms with E-state index in [4.69, 9.17) is 10.5 Å². The highest BCUT2D eigenvalue weighted by Crippen LogP contribution is 2.25. The fourth-order valence-electron chi connectivity index (χ4n) is 5.08. The lowest BCUT2D eigenvalue weighted by molar-refractivity contribution is 0.130. The van der Waals surface area contributed by atoms with Gasteiger partial charge >= 0.3 is 0 Å². The Morgan fingerprint density at radius 1 is 0.723 bits per heavy atom. The van der Waals surface area contributed by atoms with Crippen LogP contribution >= 0.6 is 0 Å². The number of imidazole rings is 2. The first kappa shape index (κ1) is 32.2. The minimum atomic E-state index is -0.724. The number of nitriles is 2. The van der Waals surface area contributed by atoms with Crippen molar-refractivity contribution in [2.24, 2.45) is 0 Å². The molecule has 232 valence electrons. The molecule has 1 N–H and O–H groups in total. The number of halogens is 2. The molecule has 6 rings (SSSR count). The van der Waals surface area contributed by atoms with Crippen LogP contribution in [0, 0.1) is 34.3 Å². The fraction of sp³-hybridized carbons (Fsp3) is 0.105. The summed E-state index contributed by atoms with van der Waals surface area (Å²) in [6.07, 6.45) is 12.8. The van der Waals surface area contributed by atoms with E-state index in [-0.39, 0.29) is 17.7 Å². The van der Waals surface area contributed by atoms with Gasteiger partial charge in [-0.3, -0.25) is 0 Å². The van der Waals surface area contributed by atoms with Gasteiger partial charge in [-0.15, -0.1) is 0 Å². The van der Waals surface area contributed by atoms with Crippen LogP contribution in [0.4, 0.5) is 8.78 Å². The number of aliphatic hydroxyl groups is 1. The summed E-state index contributed by atoms with van der Waals surface area (Å²) in [5, 5.41) is 28.6. The van der Waals surface area contributed by atoms with Crippen LogP contribution < -0.4 is 0 Å². The highest BCUT2D eigenvalue weighted by Gasteiger charge is 2.23. The van der Waals surface area contributed by atoms with Crippen LogP contribution in [-0.4, -0.2) is 30.3 Å². The molecule has 0 aliphatic carbocycles. The molecular weight excluding hydrogens is 594 g/mol. The van der Waals surface area contributed by atoms with Crippen molar-refractivity contribution in [2.75, 3.05) is 0 Å². The maximum absolute atomic E-state index is 13.0. The summed E-state index contributed by atoms with van der Waals surface area (Å²) in [6, 6.07) is 31.0. The molecule has 47 heavy (non-hydrogen) atoms. The summed E-state index contributed by atoms with van der Waals surface area (Å²) < 4.78 is 29.8. The number of aliphatic hydroxyl groups excluding tert-OH is 1. The Balaban J connectivity index is 0.000000185. The number of nitrogens with zero attached hydrogens (tertiary/aromatic N) is 6. The van der Waals surface area contributed by atoms with Crippen molar-refractivity contribution in [1.29, 1.82) is 10.5 Å². The lowest BCUT2D eigenvalue weighted by atomic mass is 9.95. The van der Waals surface area contributed by atoms with Crippen LogP contribution in [0.2, 0.25) is 0 Å². The first-order valence-corrected chi connectivity index (χ1v) is 14.8. The lowest BCUT2D eigenvalue weighted by Crippen LogP contribution is -2.26. The minimum Gasteiger partial charge on any atom is -0.390 e. The van der Waals surface area contributed by atoms with Crippen molar-refractivity contribution in [3.8, 4) is 12.1 Å². The molecule has 4 aromatic carbocycles. The molecule has 0 fully saturated rings. The van der Waals surface area contributed by atoms with Crippen LogP contribution in [0.1, 0.15) is 39.4 Å². The van der Waals surface area contributed by atoms with Gasteiger partial charge in [0.2, 0.25) is 0 Å². The first-order valence-electron chi connectivity index (χ1n) is 14.8. The monoisotopic (exact) mass is 624 g/mol. The number of aromatic nitrogens is 4. The lowest BCUT2D eigenvalue weighted by Gasteiger charge is -2.25. The SMILES string of the molecule is N#Cc1ccc(C(=CCc2ccc(F)cc2)n2ccnc2)cc1.N#Cc1ccc(C(C(O)Cc2ccc(F)cc2)n2ccnc2)cc1. The second-order valence-electron chi connectivity index (χ2n) is 10.7. The Bertz CT molecular complexity index is 1960. The molecule has 0 bridgehead atoms. The van der Waals surface area contributed by atoms with E-state index in [9.17, 15) is 13.9 Å². The third-order valence-electron chi connectivity index (χ3n) is 7.49. The molecule has 0 spiro atoms. The Kier molecular flexibility index (Phi) is 10.8. The van der Waals surface area contributed by atoms with Crippen LogP contribution in [0.3, 0.4) is 0 Å². The van der Waals surface area contributed by atoms with E-state index in [0.717, 1.165) is 28.0 Å². The minimum absolute atomic E-state index is 0.236. The molecule has 9 heteroatoms. The third-order valence-corrected chi connectivity index (χ3v) is 7.49. The van der Waals surface area contributed by atoms with E-state index in [0.29, 0.717) is 24.0 Å². The predicted octanol–water partition coefficient (Wildman–Crippen LogP) is 7.11. The largest absolute Gasteiger partial charge is 0.390 e. The van der Waals surface area contributed by atoms with Gasteiger partial charge in [-0.2, -0.15) is 10.5 Å². The maximum atomic E-state index is 13.0. The van der Waals surface area contributed by atoms with Gasteiger partial charge in [0, 0.05) is 31.2 Å². The van der Waals surface area contributed by atoms with Crippen molar-refractivity contribution >= 4 is 5.70 Å². The molecule has 0 aliphatic rings. The van der Waals surface area contributed by atoms with E-state index in [1.165, 1.54) is 24.3 Å². The molecule has 0 amide bonds. The number of allylic oxidation sites excluding steroid dienone is 1. The highest BCUT2D eigenvalue weighted by atomic mass is 19.1. The van der Waals surface area contributed by atoms with Crippen LogP contribution in [0.15, 0.2) is 141 Å². The average molecular weight is 625 g/mol. The Hall–Kier alpha value is -6.16. The summed E-state index contributed by atoms with van der Waals surface area (Å²) in [4.78, 5) is 8.14. The molecular formula is C38H30F2N6O. The van der Waals surface area contributed by atoms with E-state index in [1.807, 2.05) is 39.6 Å². The summed E-state index contributed by atoms with van der Waals surface area (Å²) in [5.74, 6) is -0.536. The van der Waals surface area contributed by atoms with Gasteiger partial charge in [0.1, 0.15) is 11.6 Å². The molecule has 2 atom stereocenters. The predicted molar refractivity (Wildman–Crippen MR) is 174 cm³/mol. The first-order chi connectivity index (χ1) is 22.9. The standard InChI is InChI=1S/C19H16FN3O.C19H14FN3/c20-17-7-3-14(4-8-17)11-18(24)19(23-10-9-22-13-23)16-5-1-15(12-21)2-6-16;20-18-8-3-15(4-9-18)5-10-19(23-12-11-22-14-23)17-6-1-16(13-21)2-7-17/h1-10,13,18-19,24H,11H2;1-4,6-12,14H,5H2. The zero-order valence-corrected chi connectivity index (χ0v) is 25.2. The maximum Gasteiger partial charge on any atom is 0.123 e. The van der Waals surface area contributed by atoms with E-state index >= 15 is 0 Å². The van der Waals surface area contributed by atoms with Crippen molar-refractivity contribution in [3.63, 3.8) is 0 Å². The van der Waals surface area contributed by atoms with E-state index < -0.39 is 6.10 Å². The van der Waals surface area contributed by atoms with Gasteiger partial charge in [-0.1, -0.05) is 54.6 Å². The third kappa shape index (κ3) is 8.73. The van der Waals surface area contributed by atoms with E-state index in [2.05, 4.69) is 28.2 Å². The van der Waals surface area contributed by atoms with Gasteiger partial charge in [0.15, 0.2) is 0 Å². The summed E-state index contributed by atoms with van der Waals surface area (Å²) in [7, 11) is 0. The molecule has 7 nitrogen and oxygen atoms in total. The van der Waals surface area contributed by atoms with Gasteiger partial charge in [-0.05, 0) is 77.2 Å². The second kappa shape index (κ2) is 15.7. The molecule has 0 saturated carbocycles. The number of rotatable bonds is 9. The molecule has 0 aliphatic heterocycles. The summed E-state index contributed by atoms with van der Waals surface area (Å²) in [5.41, 5.74) is 5.90. The Labute approximate surface area is 271 Å². The van der Waals surface area contributed by atoms with Gasteiger partial charge in [0.25, 0.3) is 0 Å². The Morgan fingerprint density at radius 3 is 1.81 bits per heavy atom. The van der Waals surface area contributed by atoms with Gasteiger partial charge < -0.3 is 14.2 Å². The van der Waals surface area contributed by atoms with Gasteiger partial charge in [-0.25, -0.2) is 18.7 Å². The van der Waals surface area contributed by atoms with Crippen LogP contribution in [0.5, 0.6) is 0 Å². The van der Waals surface area contributed by atoms with Crippen molar-refractivity contribution < 1.29 is 13.9 Å². The summed E-state index contributed by atoms with van der Waals surface area (Å²) in [6.45, 7) is 0. The number of hydrogen-bond acceptors (Lipinski definition) is 5. The molecule has 2 unspecified atom stereocenters. The summed E-state index contributed by atoms with van der Waals surface area (Å²) >= 11 is 0. The van der Waals surface area contributed by atoms with Crippen molar-refractivity contribution in [3.05, 3.63) is 186 Å². The molecule has 2 heterocycles. The van der Waals surface area contributed by atoms with Crippen LogP contribution in [0.25, 0.3) is 5.70 Å². The van der Waals surface area contributed by atoms with Crippen molar-refractivity contribution in [2.45, 2.75) is 25.0 Å². The van der Waals surface area contributed by atoms with Crippen LogP contribution in [-0.2, 0) is 12.8 Å². The van der Waals surface area contributed by atoms with Gasteiger partial charge in [0.05, 0.1) is 53.8 Å². The van der Waals surface area contributed by atoms with E-state index in [1.54, 1.807) is 79.8 Å². The van der Waals surface area contributed by atoms with Crippen molar-refractivity contribution in [1.82, 2.24) is 19.1 Å². The smallest absolute Gasteiger partial charge is 0.123 e. The fourth-order valence-corrected chi connectivity index (χ4v) is 5.08. The number of benzene rings is 4. The zero-order chi connectivity index (χ0) is 33.0. The zero-order valence-electron chi connectivity index (χ0n) is 25.2. The normalized spacial score (nSPS) is 12.2. The molecule has 0 radical (unpaired) electrons. The number of hydrogen-bond donors (Lipinski definition) is 1. The molecule has 2 aromatic heterocycles. The average Bonchev–Trinajstić information content (AvgIpc) is 3.84. The molecule has 6 aromatic rings. The molecule has 0 saturated heterocycles. The highest BCUT2D eigenvalue weighted by molar-refractivity contribution is 5.66. The topological polar surface area (TPSA) is 103 Å². The second-order valence-corrected chi connectivity index (χ2v) is 10.7.